The van der Waals surface area contributed by atoms with Crippen molar-refractivity contribution in [2.45, 2.75) is 18.7 Å². The Hall–Kier alpha value is -2.06. The van der Waals surface area contributed by atoms with Crippen LogP contribution in [0, 0.1) is 13.8 Å². The van der Waals surface area contributed by atoms with E-state index in [0.29, 0.717) is 21.5 Å². The second-order valence-corrected chi connectivity index (χ2v) is 7.74. The van der Waals surface area contributed by atoms with Crippen LogP contribution in [-0.4, -0.2) is 26.1 Å². The molecule has 2 N–H and O–H groups in total. The number of nitrogens with one attached hydrogen (secondary N) is 1. The first-order chi connectivity index (χ1) is 11.2. The Morgan fingerprint density at radius 1 is 1.21 bits per heavy atom. The van der Waals surface area contributed by atoms with Gasteiger partial charge in [-0.25, -0.2) is 13.2 Å². The van der Waals surface area contributed by atoms with Gasteiger partial charge in [-0.3, -0.25) is 4.72 Å². The molecule has 0 aliphatic rings. The second kappa shape index (κ2) is 7.23. The Morgan fingerprint density at radius 3 is 2.50 bits per heavy atom. The predicted molar refractivity (Wildman–Crippen MR) is 94.0 cm³/mol. The zero-order chi connectivity index (χ0) is 17.9. The molecular weight excluding hydrogens is 398 g/mol. The summed E-state index contributed by atoms with van der Waals surface area (Å²) in [6.07, 6.45) is 0. The van der Waals surface area contributed by atoms with E-state index in [1.165, 1.54) is 18.2 Å². The van der Waals surface area contributed by atoms with Gasteiger partial charge in [0.2, 0.25) is 0 Å². The molecule has 0 aliphatic heterocycles. The highest BCUT2D eigenvalue weighted by Crippen LogP contribution is 2.27. The lowest BCUT2D eigenvalue weighted by Crippen LogP contribution is -2.14. The number of ether oxygens (including phenoxy) is 1. The molecule has 8 heteroatoms. The molecule has 0 unspecified atom stereocenters. The van der Waals surface area contributed by atoms with E-state index in [4.69, 9.17) is 9.84 Å². The third-order valence-electron chi connectivity index (χ3n) is 3.18. The summed E-state index contributed by atoms with van der Waals surface area (Å²) in [7, 11) is -3.77. The fourth-order valence-electron chi connectivity index (χ4n) is 2.00. The molecule has 0 saturated heterocycles. The number of carboxylic acid groups (broad SMARTS) is 1. The van der Waals surface area contributed by atoms with E-state index in [2.05, 4.69) is 20.7 Å². The van der Waals surface area contributed by atoms with E-state index < -0.39 is 22.6 Å². The fourth-order valence-corrected chi connectivity index (χ4v) is 3.89. The van der Waals surface area contributed by atoms with E-state index in [9.17, 15) is 13.2 Å². The highest BCUT2D eigenvalue weighted by atomic mass is 79.9. The summed E-state index contributed by atoms with van der Waals surface area (Å²) in [5.74, 6) is -0.773. The molecule has 0 saturated carbocycles. The zero-order valence-electron chi connectivity index (χ0n) is 13.0. The van der Waals surface area contributed by atoms with E-state index in [1.54, 1.807) is 19.1 Å². The van der Waals surface area contributed by atoms with Crippen molar-refractivity contribution in [3.8, 4) is 5.75 Å². The Bertz CT molecular complexity index is 880. The smallest absolute Gasteiger partial charge is 0.341 e. The lowest BCUT2D eigenvalue weighted by Gasteiger charge is -2.12. The van der Waals surface area contributed by atoms with Crippen molar-refractivity contribution in [3.05, 3.63) is 52.0 Å². The van der Waals surface area contributed by atoms with Gasteiger partial charge in [0.1, 0.15) is 5.75 Å². The number of hydrogen-bond acceptors (Lipinski definition) is 4. The Kier molecular flexibility index (Phi) is 5.51. The standard InChI is InChI=1S/C16H16BrNO5S/c1-10-3-5-14(13(17)7-10)18-24(21,22)12-4-6-15(11(2)8-12)23-9-16(19)20/h3-8,18H,9H2,1-2H3,(H,19,20). The zero-order valence-corrected chi connectivity index (χ0v) is 15.4. The fraction of sp³-hybridized carbons (Fsp3) is 0.188. The topological polar surface area (TPSA) is 92.7 Å². The van der Waals surface area contributed by atoms with Gasteiger partial charge in [0.05, 0.1) is 10.6 Å². The molecule has 0 aliphatic carbocycles. The summed E-state index contributed by atoms with van der Waals surface area (Å²) in [4.78, 5) is 10.6. The van der Waals surface area contributed by atoms with Gasteiger partial charge in [-0.05, 0) is 71.2 Å². The van der Waals surface area contributed by atoms with E-state index >= 15 is 0 Å². The summed E-state index contributed by atoms with van der Waals surface area (Å²) < 4.78 is 33.3. The average Bonchev–Trinajstić information content (AvgIpc) is 2.48. The molecule has 6 nitrogen and oxygen atoms in total. The molecular formula is C16H16BrNO5S. The number of carbonyl (C=O) groups is 1. The van der Waals surface area contributed by atoms with Crippen molar-refractivity contribution in [2.75, 3.05) is 11.3 Å². The normalized spacial score (nSPS) is 11.1. The van der Waals surface area contributed by atoms with Crippen molar-refractivity contribution in [2.24, 2.45) is 0 Å². The van der Waals surface area contributed by atoms with Crippen LogP contribution in [-0.2, 0) is 14.8 Å². The second-order valence-electron chi connectivity index (χ2n) is 5.20. The monoisotopic (exact) mass is 413 g/mol. The largest absolute Gasteiger partial charge is 0.482 e. The number of benzene rings is 2. The van der Waals surface area contributed by atoms with Crippen LogP contribution in [0.25, 0.3) is 0 Å². The van der Waals surface area contributed by atoms with Crippen molar-refractivity contribution < 1.29 is 23.1 Å². The number of aryl methyl sites for hydroxylation is 2. The maximum absolute atomic E-state index is 12.5. The van der Waals surface area contributed by atoms with E-state index in [1.807, 2.05) is 13.0 Å². The van der Waals surface area contributed by atoms with Gasteiger partial charge in [0, 0.05) is 4.47 Å². The number of halogens is 1. The number of sulfonamides is 1. The Morgan fingerprint density at radius 2 is 1.92 bits per heavy atom. The highest BCUT2D eigenvalue weighted by Gasteiger charge is 2.17. The number of anilines is 1. The van der Waals surface area contributed by atoms with Gasteiger partial charge in [0.15, 0.2) is 6.61 Å². The van der Waals surface area contributed by atoms with Crippen LogP contribution in [0.1, 0.15) is 11.1 Å². The Balaban J connectivity index is 2.26. The quantitative estimate of drug-likeness (QED) is 0.757. The molecule has 128 valence electrons. The summed E-state index contributed by atoms with van der Waals surface area (Å²) in [6.45, 7) is 3.07. The first kappa shape index (κ1) is 18.3. The SMILES string of the molecule is Cc1ccc(NS(=O)(=O)c2ccc(OCC(=O)O)c(C)c2)c(Br)c1. The molecule has 2 aromatic carbocycles. The van der Waals surface area contributed by atoms with E-state index in [-0.39, 0.29) is 4.90 Å². The molecule has 0 atom stereocenters. The molecule has 0 spiro atoms. The van der Waals surface area contributed by atoms with Crippen molar-refractivity contribution >= 4 is 37.6 Å². The highest BCUT2D eigenvalue weighted by molar-refractivity contribution is 9.10. The average molecular weight is 414 g/mol. The van der Waals surface area contributed by atoms with Gasteiger partial charge in [-0.1, -0.05) is 6.07 Å². The van der Waals surface area contributed by atoms with Gasteiger partial charge >= 0.3 is 5.97 Å². The Labute approximate surface area is 148 Å². The van der Waals surface area contributed by atoms with Crippen molar-refractivity contribution in [3.63, 3.8) is 0 Å². The lowest BCUT2D eigenvalue weighted by molar-refractivity contribution is -0.139. The lowest BCUT2D eigenvalue weighted by atomic mass is 10.2. The summed E-state index contributed by atoms with van der Waals surface area (Å²) in [6, 6.07) is 9.53. The molecule has 0 amide bonds. The molecule has 0 fully saturated rings. The van der Waals surface area contributed by atoms with Gasteiger partial charge < -0.3 is 9.84 Å². The minimum atomic E-state index is -3.77. The van der Waals surface area contributed by atoms with Crippen LogP contribution in [0.3, 0.4) is 0 Å². The maximum Gasteiger partial charge on any atom is 0.341 e. The number of hydrogen-bond donors (Lipinski definition) is 2. The van der Waals surface area contributed by atoms with Gasteiger partial charge in [0.25, 0.3) is 10.0 Å². The van der Waals surface area contributed by atoms with Crippen molar-refractivity contribution in [1.29, 1.82) is 0 Å². The minimum absolute atomic E-state index is 0.0650. The first-order valence-corrected chi connectivity index (χ1v) is 9.21. The first-order valence-electron chi connectivity index (χ1n) is 6.93. The van der Waals surface area contributed by atoms with Crippen LogP contribution in [0.4, 0.5) is 5.69 Å². The van der Waals surface area contributed by atoms with Crippen LogP contribution < -0.4 is 9.46 Å². The van der Waals surface area contributed by atoms with Gasteiger partial charge in [-0.2, -0.15) is 0 Å². The maximum atomic E-state index is 12.5. The molecule has 0 aromatic heterocycles. The number of carboxylic acids is 1. The van der Waals surface area contributed by atoms with Crippen molar-refractivity contribution in [1.82, 2.24) is 0 Å². The molecule has 24 heavy (non-hydrogen) atoms. The molecule has 2 aromatic rings. The van der Waals surface area contributed by atoms with Gasteiger partial charge in [-0.15, -0.1) is 0 Å². The number of aliphatic carboxylic acids is 1. The summed E-state index contributed by atoms with van der Waals surface area (Å²) in [5.41, 5.74) is 1.96. The van der Waals surface area contributed by atoms with Crippen LogP contribution in [0.15, 0.2) is 45.8 Å². The molecule has 0 bridgehead atoms. The third-order valence-corrected chi connectivity index (χ3v) is 5.20. The summed E-state index contributed by atoms with van der Waals surface area (Å²) in [5, 5.41) is 8.62. The molecule has 0 radical (unpaired) electrons. The molecule has 0 heterocycles. The summed E-state index contributed by atoms with van der Waals surface area (Å²) >= 11 is 3.33. The predicted octanol–water partition coefficient (Wildman–Crippen LogP) is 3.33. The van der Waals surface area contributed by atoms with Crippen LogP contribution in [0.2, 0.25) is 0 Å². The number of rotatable bonds is 6. The van der Waals surface area contributed by atoms with E-state index in [0.717, 1.165) is 5.56 Å². The van der Waals surface area contributed by atoms with Crippen LogP contribution in [0.5, 0.6) is 5.75 Å². The minimum Gasteiger partial charge on any atom is -0.482 e. The molecule has 2 rings (SSSR count). The third kappa shape index (κ3) is 4.48. The van der Waals surface area contributed by atoms with Crippen LogP contribution >= 0.6 is 15.9 Å².